The Labute approximate surface area is 157 Å². The number of nitrogens with zero attached hydrogens (tertiary/aromatic N) is 4. The lowest BCUT2D eigenvalue weighted by Crippen LogP contribution is -2.19. The van der Waals surface area contributed by atoms with Crippen molar-refractivity contribution in [1.29, 1.82) is 0 Å². The van der Waals surface area contributed by atoms with Crippen molar-refractivity contribution in [2.24, 2.45) is 0 Å². The molecule has 0 fully saturated rings. The van der Waals surface area contributed by atoms with Crippen LogP contribution >= 0.6 is 11.8 Å². The maximum atomic E-state index is 13.0. The molecule has 6 nitrogen and oxygen atoms in total. The van der Waals surface area contributed by atoms with E-state index in [2.05, 4.69) is 15.5 Å². The number of thioether (sulfide) groups is 1. The molecule has 142 valence electrons. The maximum Gasteiger partial charge on any atom is 0.418 e. The number of amides is 1. The van der Waals surface area contributed by atoms with Crippen LogP contribution in [-0.4, -0.2) is 31.2 Å². The molecule has 0 bridgehead atoms. The molecule has 0 saturated carbocycles. The largest absolute Gasteiger partial charge is 0.418 e. The molecule has 2 aromatic heterocycles. The minimum atomic E-state index is -4.54. The summed E-state index contributed by atoms with van der Waals surface area (Å²) in [7, 11) is 0. The number of anilines is 1. The molecule has 0 aliphatic carbocycles. The van der Waals surface area contributed by atoms with Gasteiger partial charge in [-0.15, -0.1) is 10.2 Å². The summed E-state index contributed by atoms with van der Waals surface area (Å²) in [6.07, 6.45) is -0.281. The average Bonchev–Trinajstić information content (AvgIpc) is 3.28. The molecule has 0 atom stereocenters. The Kier molecular flexibility index (Phi) is 5.54. The first-order valence-corrected chi connectivity index (χ1v) is 9.05. The number of alkyl halides is 3. The summed E-state index contributed by atoms with van der Waals surface area (Å²) in [4.78, 5) is 12.2. The normalized spacial score (nSPS) is 11.6. The number of halogens is 3. The van der Waals surface area contributed by atoms with Crippen molar-refractivity contribution in [3.63, 3.8) is 0 Å². The van der Waals surface area contributed by atoms with Crippen LogP contribution in [-0.2, 0) is 17.4 Å². The van der Waals surface area contributed by atoms with E-state index in [1.54, 1.807) is 9.35 Å². The van der Waals surface area contributed by atoms with E-state index >= 15 is 0 Å². The van der Waals surface area contributed by atoms with E-state index in [1.165, 1.54) is 18.2 Å². The number of benzene rings is 1. The molecule has 0 saturated heterocycles. The quantitative estimate of drug-likeness (QED) is 0.647. The minimum Gasteiger partial charge on any atom is -0.325 e. The number of hydrogen-bond donors (Lipinski definition) is 1. The molecule has 0 aliphatic heterocycles. The van der Waals surface area contributed by atoms with E-state index < -0.39 is 17.6 Å². The van der Waals surface area contributed by atoms with Crippen LogP contribution in [0.3, 0.4) is 0 Å². The van der Waals surface area contributed by atoms with Gasteiger partial charge < -0.3 is 5.32 Å². The zero-order valence-corrected chi connectivity index (χ0v) is 15.1. The monoisotopic (exact) mass is 395 g/mol. The van der Waals surface area contributed by atoms with Crippen molar-refractivity contribution < 1.29 is 18.0 Å². The summed E-state index contributed by atoms with van der Waals surface area (Å²) in [5.74, 6) is 0.0447. The standard InChI is InChI=1S/C17H16F3N5OS/c1-2-14-22-23-16(25(14)24-9-5-6-10-24)27-11-15(26)21-13-8-4-3-7-12(13)17(18,19)20/h3-10H,2,11H2,1H3,(H,21,26). The molecular weight excluding hydrogens is 379 g/mol. The molecule has 3 aromatic rings. The highest BCUT2D eigenvalue weighted by atomic mass is 32.2. The van der Waals surface area contributed by atoms with Crippen LogP contribution in [0.1, 0.15) is 18.3 Å². The third-order valence-electron chi connectivity index (χ3n) is 3.65. The Morgan fingerprint density at radius 3 is 2.52 bits per heavy atom. The van der Waals surface area contributed by atoms with Gasteiger partial charge in [0.25, 0.3) is 0 Å². The van der Waals surface area contributed by atoms with E-state index in [4.69, 9.17) is 0 Å². The van der Waals surface area contributed by atoms with Crippen LogP contribution in [0, 0.1) is 0 Å². The number of carbonyl (C=O) groups excluding carboxylic acids is 1. The highest BCUT2D eigenvalue weighted by Gasteiger charge is 2.33. The van der Waals surface area contributed by atoms with Crippen LogP contribution in [0.25, 0.3) is 0 Å². The smallest absolute Gasteiger partial charge is 0.325 e. The van der Waals surface area contributed by atoms with Gasteiger partial charge in [0.05, 0.1) is 17.0 Å². The number of carbonyl (C=O) groups is 1. The molecule has 0 radical (unpaired) electrons. The number of aromatic nitrogens is 4. The van der Waals surface area contributed by atoms with Crippen LogP contribution in [0.2, 0.25) is 0 Å². The average molecular weight is 395 g/mol. The van der Waals surface area contributed by atoms with Gasteiger partial charge in [0.15, 0.2) is 5.82 Å². The Balaban J connectivity index is 1.72. The Morgan fingerprint density at radius 2 is 1.85 bits per heavy atom. The molecular formula is C17H16F3N5OS. The number of rotatable bonds is 6. The molecule has 1 amide bonds. The maximum absolute atomic E-state index is 13.0. The summed E-state index contributed by atoms with van der Waals surface area (Å²) >= 11 is 1.10. The first kappa shape index (κ1) is 19.0. The molecule has 1 N–H and O–H groups in total. The van der Waals surface area contributed by atoms with Gasteiger partial charge >= 0.3 is 6.18 Å². The molecule has 10 heteroatoms. The summed E-state index contributed by atoms with van der Waals surface area (Å²) in [6, 6.07) is 8.55. The summed E-state index contributed by atoms with van der Waals surface area (Å²) < 4.78 is 42.6. The predicted octanol–water partition coefficient (Wildman–Crippen LogP) is 3.70. The first-order chi connectivity index (χ1) is 12.9. The third-order valence-corrected chi connectivity index (χ3v) is 4.57. The molecule has 0 unspecified atom stereocenters. The van der Waals surface area contributed by atoms with E-state index in [0.717, 1.165) is 17.8 Å². The van der Waals surface area contributed by atoms with Crippen molar-refractivity contribution in [2.75, 3.05) is 11.1 Å². The van der Waals surface area contributed by atoms with E-state index in [1.807, 2.05) is 31.5 Å². The highest BCUT2D eigenvalue weighted by Crippen LogP contribution is 2.34. The van der Waals surface area contributed by atoms with Gasteiger partial charge in [-0.2, -0.15) is 13.2 Å². The molecule has 1 aromatic carbocycles. The molecule has 0 aliphatic rings. The second kappa shape index (κ2) is 7.87. The minimum absolute atomic E-state index is 0.102. The summed E-state index contributed by atoms with van der Waals surface area (Å²) in [5, 5.41) is 11.0. The fourth-order valence-corrected chi connectivity index (χ4v) is 3.21. The van der Waals surface area contributed by atoms with Crippen LogP contribution in [0.4, 0.5) is 18.9 Å². The fourth-order valence-electron chi connectivity index (χ4n) is 2.45. The number of nitrogens with one attached hydrogen (secondary N) is 1. The van der Waals surface area contributed by atoms with E-state index in [9.17, 15) is 18.0 Å². The van der Waals surface area contributed by atoms with Crippen LogP contribution < -0.4 is 5.32 Å². The second-order valence-electron chi connectivity index (χ2n) is 5.51. The number of para-hydroxylation sites is 1. The Bertz CT molecular complexity index is 921. The van der Waals surface area contributed by atoms with E-state index in [-0.39, 0.29) is 11.4 Å². The first-order valence-electron chi connectivity index (χ1n) is 8.07. The molecule has 27 heavy (non-hydrogen) atoms. The fraction of sp³-hybridized carbons (Fsp3) is 0.235. The number of aryl methyl sites for hydroxylation is 1. The van der Waals surface area contributed by atoms with E-state index in [0.29, 0.717) is 17.4 Å². The van der Waals surface area contributed by atoms with Gasteiger partial charge in [0, 0.05) is 18.8 Å². The van der Waals surface area contributed by atoms with Gasteiger partial charge in [-0.05, 0) is 24.3 Å². The van der Waals surface area contributed by atoms with Crippen molar-refractivity contribution in [1.82, 2.24) is 19.5 Å². The Hall–Kier alpha value is -2.75. The lowest BCUT2D eigenvalue weighted by atomic mass is 10.1. The number of hydrogen-bond acceptors (Lipinski definition) is 4. The predicted molar refractivity (Wildman–Crippen MR) is 95.4 cm³/mol. The van der Waals surface area contributed by atoms with Gasteiger partial charge in [-0.3, -0.25) is 9.47 Å². The van der Waals surface area contributed by atoms with Crippen LogP contribution in [0.15, 0.2) is 53.9 Å². The third kappa shape index (κ3) is 4.33. The highest BCUT2D eigenvalue weighted by molar-refractivity contribution is 7.99. The van der Waals surface area contributed by atoms with Gasteiger partial charge in [-0.25, -0.2) is 4.68 Å². The van der Waals surface area contributed by atoms with Crippen molar-refractivity contribution >= 4 is 23.4 Å². The molecule has 0 spiro atoms. The summed E-state index contributed by atoms with van der Waals surface area (Å²) in [6.45, 7) is 1.93. The SMILES string of the molecule is CCc1nnc(SCC(=O)Nc2ccccc2C(F)(F)F)n1-n1cccc1. The van der Waals surface area contributed by atoms with Gasteiger partial charge in [0.2, 0.25) is 11.1 Å². The molecule has 2 heterocycles. The van der Waals surface area contributed by atoms with Gasteiger partial charge in [-0.1, -0.05) is 30.8 Å². The Morgan fingerprint density at radius 1 is 1.15 bits per heavy atom. The van der Waals surface area contributed by atoms with Crippen molar-refractivity contribution in [3.8, 4) is 0 Å². The summed E-state index contributed by atoms with van der Waals surface area (Å²) in [5.41, 5.74) is -1.15. The van der Waals surface area contributed by atoms with Crippen molar-refractivity contribution in [3.05, 3.63) is 60.2 Å². The van der Waals surface area contributed by atoms with Crippen LogP contribution in [0.5, 0.6) is 0 Å². The molecule has 3 rings (SSSR count). The lowest BCUT2D eigenvalue weighted by molar-refractivity contribution is -0.137. The zero-order valence-electron chi connectivity index (χ0n) is 14.3. The van der Waals surface area contributed by atoms with Gasteiger partial charge in [0.1, 0.15) is 0 Å². The van der Waals surface area contributed by atoms with Crippen molar-refractivity contribution in [2.45, 2.75) is 24.7 Å². The zero-order chi connectivity index (χ0) is 19.4. The second-order valence-corrected chi connectivity index (χ2v) is 6.45. The topological polar surface area (TPSA) is 64.7 Å². The lowest BCUT2D eigenvalue weighted by Gasteiger charge is -2.13.